The molecule has 23 heavy (non-hydrogen) atoms. The molecule has 3 rings (SSSR count). The molecule has 1 heterocycles. The minimum Gasteiger partial charge on any atom is -0.506 e. The number of rotatable bonds is 3. The first kappa shape index (κ1) is 15.7. The quantitative estimate of drug-likeness (QED) is 0.649. The van der Waals surface area contributed by atoms with E-state index in [0.29, 0.717) is 20.8 Å². The van der Waals surface area contributed by atoms with Crippen molar-refractivity contribution in [2.45, 2.75) is 0 Å². The van der Waals surface area contributed by atoms with Crippen LogP contribution in [0.2, 0.25) is 0 Å². The molecule has 0 bridgehead atoms. The minimum atomic E-state index is -0.310. The summed E-state index contributed by atoms with van der Waals surface area (Å²) < 4.78 is 16.6. The average molecular weight is 424 g/mol. The number of aromatic hydroxyl groups is 1. The van der Waals surface area contributed by atoms with Gasteiger partial charge in [-0.05, 0) is 46.9 Å². The van der Waals surface area contributed by atoms with Crippen LogP contribution in [0.1, 0.15) is 0 Å². The van der Waals surface area contributed by atoms with Gasteiger partial charge in [0, 0.05) is 17.7 Å². The molecule has 0 unspecified atom stereocenters. The lowest BCUT2D eigenvalue weighted by molar-refractivity contribution is 0.403. The minimum absolute atomic E-state index is 0.130. The number of halogens is 1. The molecule has 0 spiro atoms. The Morgan fingerprint density at radius 1 is 1.09 bits per heavy atom. The lowest BCUT2D eigenvalue weighted by Gasteiger charge is -2.09. The van der Waals surface area contributed by atoms with E-state index in [1.54, 1.807) is 37.4 Å². The summed E-state index contributed by atoms with van der Waals surface area (Å²) in [5.74, 6) is 1.44. The van der Waals surface area contributed by atoms with Crippen LogP contribution in [0.4, 0.5) is 0 Å². The summed E-state index contributed by atoms with van der Waals surface area (Å²) in [7, 11) is 3.08. The monoisotopic (exact) mass is 424 g/mol. The van der Waals surface area contributed by atoms with Crippen molar-refractivity contribution in [3.8, 4) is 28.6 Å². The van der Waals surface area contributed by atoms with Gasteiger partial charge in [0.25, 0.3) is 0 Å². The average Bonchev–Trinajstić information content (AvgIpc) is 2.57. The Kier molecular flexibility index (Phi) is 4.16. The Morgan fingerprint density at radius 3 is 2.39 bits per heavy atom. The summed E-state index contributed by atoms with van der Waals surface area (Å²) in [6.45, 7) is 0. The van der Waals surface area contributed by atoms with Gasteiger partial charge >= 0.3 is 0 Å². The number of hydrogen-bond donors (Lipinski definition) is 1. The van der Waals surface area contributed by atoms with Gasteiger partial charge in [-0.2, -0.15) is 0 Å². The van der Waals surface area contributed by atoms with E-state index in [4.69, 9.17) is 13.9 Å². The first-order valence-electron chi connectivity index (χ1n) is 6.73. The normalized spacial score (nSPS) is 10.7. The number of fused-ring (bicyclic) bond motifs is 1. The van der Waals surface area contributed by atoms with Crippen molar-refractivity contribution in [1.29, 1.82) is 0 Å². The van der Waals surface area contributed by atoms with Crippen molar-refractivity contribution in [3.63, 3.8) is 0 Å². The highest BCUT2D eigenvalue weighted by atomic mass is 127. The van der Waals surface area contributed by atoms with Crippen molar-refractivity contribution in [3.05, 3.63) is 50.2 Å². The molecule has 0 fully saturated rings. The summed E-state index contributed by atoms with van der Waals surface area (Å²) >= 11 is 1.93. The number of phenolic OH excluding ortho intramolecular Hbond substituents is 1. The third-order valence-corrected chi connectivity index (χ3v) is 4.54. The summed E-state index contributed by atoms with van der Waals surface area (Å²) in [5.41, 5.74) is 0.704. The largest absolute Gasteiger partial charge is 0.506 e. The highest BCUT2D eigenvalue weighted by Crippen LogP contribution is 2.36. The van der Waals surface area contributed by atoms with Crippen LogP contribution in [-0.2, 0) is 0 Å². The second kappa shape index (κ2) is 6.11. The summed E-state index contributed by atoms with van der Waals surface area (Å²) in [5, 5.41) is 10.4. The molecule has 1 aromatic heterocycles. The Hall–Kier alpha value is -2.22. The Balaban J connectivity index is 2.24. The lowest BCUT2D eigenvalue weighted by atomic mass is 10.1. The van der Waals surface area contributed by atoms with E-state index in [2.05, 4.69) is 0 Å². The van der Waals surface area contributed by atoms with Crippen molar-refractivity contribution in [1.82, 2.24) is 0 Å². The standard InChI is InChI=1S/C17H13IO5/c1-21-10-5-3-9(4-6-10)12-7-11(19)15-13(23-12)8-14(22-2)16(18)17(15)20/h3-8,20H,1-2H3. The molecule has 0 saturated carbocycles. The van der Waals surface area contributed by atoms with E-state index in [0.717, 1.165) is 5.56 Å². The van der Waals surface area contributed by atoms with Gasteiger partial charge in [0.1, 0.15) is 34.0 Å². The fourth-order valence-corrected chi connectivity index (χ4v) is 2.95. The highest BCUT2D eigenvalue weighted by molar-refractivity contribution is 14.1. The Morgan fingerprint density at radius 2 is 1.78 bits per heavy atom. The van der Waals surface area contributed by atoms with Crippen LogP contribution < -0.4 is 14.9 Å². The molecule has 3 aromatic rings. The lowest BCUT2D eigenvalue weighted by Crippen LogP contribution is -2.02. The topological polar surface area (TPSA) is 68.9 Å². The molecule has 118 valence electrons. The predicted octanol–water partition coefficient (Wildman–Crippen LogP) is 3.79. The molecule has 0 atom stereocenters. The molecule has 0 radical (unpaired) electrons. The molecule has 5 nitrogen and oxygen atoms in total. The van der Waals surface area contributed by atoms with Crippen LogP contribution in [0, 0.1) is 3.57 Å². The first-order valence-corrected chi connectivity index (χ1v) is 7.80. The third-order valence-electron chi connectivity index (χ3n) is 3.49. The van der Waals surface area contributed by atoms with Crippen LogP contribution in [0.5, 0.6) is 17.2 Å². The van der Waals surface area contributed by atoms with Crippen LogP contribution in [0.25, 0.3) is 22.3 Å². The van der Waals surface area contributed by atoms with Gasteiger partial charge in [-0.1, -0.05) is 0 Å². The first-order chi connectivity index (χ1) is 11.0. The predicted molar refractivity (Wildman–Crippen MR) is 95.4 cm³/mol. The van der Waals surface area contributed by atoms with E-state index >= 15 is 0 Å². The molecule has 0 saturated heterocycles. The fraction of sp³-hybridized carbons (Fsp3) is 0.118. The van der Waals surface area contributed by atoms with Gasteiger partial charge in [0.05, 0.1) is 17.8 Å². The molecule has 0 aliphatic rings. The highest BCUT2D eigenvalue weighted by Gasteiger charge is 2.17. The summed E-state index contributed by atoms with van der Waals surface area (Å²) in [6.07, 6.45) is 0. The van der Waals surface area contributed by atoms with Crippen molar-refractivity contribution in [2.75, 3.05) is 14.2 Å². The molecule has 1 N–H and O–H groups in total. The van der Waals surface area contributed by atoms with Gasteiger partial charge in [0.15, 0.2) is 5.43 Å². The third kappa shape index (κ3) is 2.74. The van der Waals surface area contributed by atoms with Crippen molar-refractivity contribution >= 4 is 33.6 Å². The van der Waals surface area contributed by atoms with Crippen LogP contribution in [0.15, 0.2) is 45.6 Å². The van der Waals surface area contributed by atoms with E-state index in [9.17, 15) is 9.90 Å². The SMILES string of the molecule is COc1ccc(-c2cc(=O)c3c(O)c(I)c(OC)cc3o2)cc1. The van der Waals surface area contributed by atoms with E-state index in [1.165, 1.54) is 13.2 Å². The Labute approximate surface area is 145 Å². The fourth-order valence-electron chi connectivity index (χ4n) is 2.30. The zero-order valence-corrected chi connectivity index (χ0v) is 14.6. The van der Waals surface area contributed by atoms with Crippen LogP contribution in [-0.4, -0.2) is 19.3 Å². The zero-order chi connectivity index (χ0) is 16.6. The molecule has 0 aliphatic carbocycles. The maximum Gasteiger partial charge on any atom is 0.197 e. The molecular formula is C17H13IO5. The summed E-state index contributed by atoms with van der Waals surface area (Å²) in [4.78, 5) is 12.4. The van der Waals surface area contributed by atoms with Crippen molar-refractivity contribution in [2.24, 2.45) is 0 Å². The zero-order valence-electron chi connectivity index (χ0n) is 12.4. The second-order valence-corrected chi connectivity index (χ2v) is 5.90. The van der Waals surface area contributed by atoms with Crippen LogP contribution >= 0.6 is 22.6 Å². The van der Waals surface area contributed by atoms with E-state index in [1.807, 2.05) is 22.6 Å². The number of phenols is 1. The van der Waals surface area contributed by atoms with Gasteiger partial charge < -0.3 is 19.0 Å². The molecule has 0 amide bonds. The van der Waals surface area contributed by atoms with Gasteiger partial charge in [-0.3, -0.25) is 4.79 Å². The molecular weight excluding hydrogens is 411 g/mol. The Bertz CT molecular complexity index is 928. The van der Waals surface area contributed by atoms with E-state index in [-0.39, 0.29) is 22.1 Å². The molecule has 6 heteroatoms. The van der Waals surface area contributed by atoms with Gasteiger partial charge in [0.2, 0.25) is 0 Å². The number of hydrogen-bond acceptors (Lipinski definition) is 5. The maximum atomic E-state index is 12.4. The van der Waals surface area contributed by atoms with Crippen molar-refractivity contribution < 1.29 is 19.0 Å². The smallest absolute Gasteiger partial charge is 0.197 e. The van der Waals surface area contributed by atoms with Gasteiger partial charge in [-0.15, -0.1) is 0 Å². The number of methoxy groups -OCH3 is 2. The summed E-state index contributed by atoms with van der Waals surface area (Å²) in [6, 6.07) is 10.1. The van der Waals surface area contributed by atoms with E-state index < -0.39 is 0 Å². The van der Waals surface area contributed by atoms with Crippen LogP contribution in [0.3, 0.4) is 0 Å². The molecule has 0 aliphatic heterocycles. The molecule has 2 aromatic carbocycles. The maximum absolute atomic E-state index is 12.4. The van der Waals surface area contributed by atoms with Gasteiger partial charge in [-0.25, -0.2) is 0 Å². The number of benzene rings is 2. The second-order valence-electron chi connectivity index (χ2n) is 4.82. The number of ether oxygens (including phenoxy) is 2.